The molecule has 32 heavy (non-hydrogen) atoms. The molecule has 0 atom stereocenters. The number of aromatic nitrogens is 2. The third kappa shape index (κ3) is 3.82. The zero-order chi connectivity index (χ0) is 23.0. The van der Waals surface area contributed by atoms with E-state index in [2.05, 4.69) is 4.98 Å². The van der Waals surface area contributed by atoms with Gasteiger partial charge in [-0.05, 0) is 29.8 Å². The first-order valence-electron chi connectivity index (χ1n) is 9.36. The third-order valence-electron chi connectivity index (χ3n) is 4.98. The molecule has 3 N–H and O–H groups in total. The number of amides is 1. The molecule has 2 aromatic carbocycles. The van der Waals surface area contributed by atoms with Crippen LogP contribution in [0, 0.1) is 0 Å². The van der Waals surface area contributed by atoms with Crippen LogP contribution in [0.5, 0.6) is 5.75 Å². The molecular weight excluding hydrogens is 427 g/mol. The van der Waals surface area contributed by atoms with E-state index >= 15 is 0 Å². The average Bonchev–Trinajstić information content (AvgIpc) is 3.06. The van der Waals surface area contributed by atoms with Crippen molar-refractivity contribution in [3.8, 4) is 5.75 Å². The fourth-order valence-corrected chi connectivity index (χ4v) is 3.70. The molecule has 0 aliphatic rings. The minimum absolute atomic E-state index is 0.0379. The first-order chi connectivity index (χ1) is 15.2. The van der Waals surface area contributed by atoms with E-state index < -0.39 is 30.2 Å². The maximum Gasteiger partial charge on any atom is 0.416 e. The van der Waals surface area contributed by atoms with Crippen molar-refractivity contribution in [3.05, 3.63) is 71.5 Å². The van der Waals surface area contributed by atoms with Crippen molar-refractivity contribution in [1.29, 1.82) is 0 Å². The van der Waals surface area contributed by atoms with E-state index in [0.29, 0.717) is 27.4 Å². The minimum atomic E-state index is -4.49. The number of hydrogen-bond donors (Lipinski definition) is 2. The predicted octanol–water partition coefficient (Wildman–Crippen LogP) is 3.82. The molecule has 1 amide bonds. The van der Waals surface area contributed by atoms with Gasteiger partial charge in [-0.15, -0.1) is 0 Å². The van der Waals surface area contributed by atoms with E-state index in [1.807, 2.05) is 0 Å². The maximum absolute atomic E-state index is 13.2. The van der Waals surface area contributed by atoms with E-state index in [4.69, 9.17) is 15.6 Å². The van der Waals surface area contributed by atoms with Gasteiger partial charge in [-0.3, -0.25) is 9.78 Å². The van der Waals surface area contributed by atoms with Crippen molar-refractivity contribution >= 4 is 33.7 Å². The number of primary amides is 1. The fraction of sp³-hybridized carbons (Fsp3) is 0.136. The molecule has 0 spiro atoms. The number of aliphatic carboxylic acids is 1. The Balaban J connectivity index is 1.97. The summed E-state index contributed by atoms with van der Waals surface area (Å²) in [6.07, 6.45) is -1.70. The summed E-state index contributed by atoms with van der Waals surface area (Å²) in [7, 11) is 0. The number of alkyl halides is 3. The third-order valence-corrected chi connectivity index (χ3v) is 4.98. The maximum atomic E-state index is 13.2. The van der Waals surface area contributed by atoms with Gasteiger partial charge in [0.05, 0.1) is 34.4 Å². The van der Waals surface area contributed by atoms with Crippen LogP contribution in [0.3, 0.4) is 0 Å². The molecule has 0 fully saturated rings. The Morgan fingerprint density at radius 3 is 2.50 bits per heavy atom. The summed E-state index contributed by atoms with van der Waals surface area (Å²) in [5.41, 5.74) is 6.28. The molecule has 2 heterocycles. The highest BCUT2D eigenvalue weighted by molar-refractivity contribution is 6.19. The Morgan fingerprint density at radius 1 is 1.06 bits per heavy atom. The second-order valence-electron chi connectivity index (χ2n) is 7.06. The number of rotatable bonds is 6. The second kappa shape index (κ2) is 7.88. The van der Waals surface area contributed by atoms with Gasteiger partial charge < -0.3 is 20.1 Å². The van der Waals surface area contributed by atoms with Gasteiger partial charge in [-0.25, -0.2) is 4.79 Å². The van der Waals surface area contributed by atoms with Crippen molar-refractivity contribution in [1.82, 2.24) is 9.55 Å². The van der Waals surface area contributed by atoms with Gasteiger partial charge in [0.1, 0.15) is 5.75 Å². The molecular formula is C22H16F3N3O4. The lowest BCUT2D eigenvalue weighted by atomic mass is 10.1. The first kappa shape index (κ1) is 21.2. The molecule has 0 aliphatic heterocycles. The normalized spacial score (nSPS) is 11.7. The van der Waals surface area contributed by atoms with Crippen LogP contribution in [0.25, 0.3) is 21.8 Å². The predicted molar refractivity (Wildman–Crippen MR) is 109 cm³/mol. The smallest absolute Gasteiger partial charge is 0.416 e. The second-order valence-corrected chi connectivity index (χ2v) is 7.06. The van der Waals surface area contributed by atoms with E-state index in [9.17, 15) is 22.8 Å². The van der Waals surface area contributed by atoms with E-state index in [-0.39, 0.29) is 17.9 Å². The SMILES string of the molecule is NC(=O)c1cccc2c1c1c(OCC(=O)O)cncc1n2Cc1cccc(C(F)(F)F)c1. The molecule has 7 nitrogen and oxygen atoms in total. The number of benzene rings is 2. The number of halogens is 3. The summed E-state index contributed by atoms with van der Waals surface area (Å²) < 4.78 is 46.6. The van der Waals surface area contributed by atoms with Gasteiger partial charge in [0.25, 0.3) is 0 Å². The van der Waals surface area contributed by atoms with Crippen LogP contribution in [0.15, 0.2) is 54.9 Å². The zero-order valence-corrected chi connectivity index (χ0v) is 16.4. The van der Waals surface area contributed by atoms with Gasteiger partial charge in [-0.1, -0.05) is 18.2 Å². The van der Waals surface area contributed by atoms with Gasteiger partial charge in [0.2, 0.25) is 5.91 Å². The van der Waals surface area contributed by atoms with Crippen molar-refractivity contribution in [3.63, 3.8) is 0 Å². The number of carboxylic acids is 1. The summed E-state index contributed by atoms with van der Waals surface area (Å²) in [6.45, 7) is -0.601. The average molecular weight is 443 g/mol. The van der Waals surface area contributed by atoms with Crippen LogP contribution in [-0.2, 0) is 17.5 Å². The summed E-state index contributed by atoms with van der Waals surface area (Å²) in [5, 5.41) is 9.79. The molecule has 2 aromatic heterocycles. The molecule has 4 rings (SSSR count). The van der Waals surface area contributed by atoms with Crippen LogP contribution in [0.1, 0.15) is 21.5 Å². The lowest BCUT2D eigenvalue weighted by Crippen LogP contribution is -2.11. The Labute approximate surface area is 178 Å². The molecule has 0 saturated heterocycles. The molecule has 164 valence electrons. The highest BCUT2D eigenvalue weighted by Crippen LogP contribution is 2.38. The van der Waals surface area contributed by atoms with Gasteiger partial charge >= 0.3 is 12.1 Å². The number of carbonyl (C=O) groups is 2. The molecule has 4 aromatic rings. The first-order valence-corrected chi connectivity index (χ1v) is 9.36. The standard InChI is InChI=1S/C22H16F3N3O4/c23-22(24,25)13-4-1-3-12(7-13)10-28-15-6-2-5-14(21(26)31)19(15)20-16(28)8-27-9-17(20)32-11-18(29)30/h1-9H,10-11H2,(H2,26,31)(H,29,30). The van der Waals surface area contributed by atoms with Crippen LogP contribution < -0.4 is 10.5 Å². The topological polar surface area (TPSA) is 107 Å². The van der Waals surface area contributed by atoms with Crippen LogP contribution >= 0.6 is 0 Å². The Bertz CT molecular complexity index is 1360. The van der Waals surface area contributed by atoms with Crippen molar-refractivity contribution in [2.75, 3.05) is 6.61 Å². The quantitative estimate of drug-likeness (QED) is 0.471. The number of ether oxygens (including phenoxy) is 1. The number of pyridine rings is 1. The summed E-state index contributed by atoms with van der Waals surface area (Å²) in [5.74, 6) is -1.80. The Morgan fingerprint density at radius 2 is 1.81 bits per heavy atom. The number of fused-ring (bicyclic) bond motifs is 3. The van der Waals surface area contributed by atoms with Gasteiger partial charge in [-0.2, -0.15) is 13.2 Å². The number of nitrogens with two attached hydrogens (primary N) is 1. The summed E-state index contributed by atoms with van der Waals surface area (Å²) in [6, 6.07) is 9.73. The van der Waals surface area contributed by atoms with Crippen molar-refractivity contribution < 1.29 is 32.6 Å². The molecule has 0 bridgehead atoms. The summed E-state index contributed by atoms with van der Waals surface area (Å²) >= 11 is 0. The van der Waals surface area contributed by atoms with Gasteiger partial charge in [0.15, 0.2) is 6.61 Å². The minimum Gasteiger partial charge on any atom is -0.480 e. The Hall–Kier alpha value is -4.08. The Kier molecular flexibility index (Phi) is 5.21. The van der Waals surface area contributed by atoms with Crippen LogP contribution in [0.2, 0.25) is 0 Å². The largest absolute Gasteiger partial charge is 0.480 e. The number of hydrogen-bond acceptors (Lipinski definition) is 4. The number of carboxylic acid groups (broad SMARTS) is 1. The highest BCUT2D eigenvalue weighted by atomic mass is 19.4. The zero-order valence-electron chi connectivity index (χ0n) is 16.4. The van der Waals surface area contributed by atoms with E-state index in [0.717, 1.165) is 12.1 Å². The molecule has 0 aliphatic carbocycles. The van der Waals surface area contributed by atoms with E-state index in [1.165, 1.54) is 24.5 Å². The van der Waals surface area contributed by atoms with Crippen molar-refractivity contribution in [2.24, 2.45) is 5.73 Å². The fourth-order valence-electron chi connectivity index (χ4n) is 3.70. The van der Waals surface area contributed by atoms with Gasteiger partial charge in [0, 0.05) is 17.5 Å². The monoisotopic (exact) mass is 443 g/mol. The van der Waals surface area contributed by atoms with Crippen LogP contribution in [-0.4, -0.2) is 33.1 Å². The highest BCUT2D eigenvalue weighted by Gasteiger charge is 2.30. The molecule has 0 unspecified atom stereocenters. The lowest BCUT2D eigenvalue weighted by Gasteiger charge is -2.11. The van der Waals surface area contributed by atoms with E-state index in [1.54, 1.807) is 22.8 Å². The van der Waals surface area contributed by atoms with Crippen LogP contribution in [0.4, 0.5) is 13.2 Å². The molecule has 10 heteroatoms. The number of carbonyl (C=O) groups excluding carboxylic acids is 1. The van der Waals surface area contributed by atoms with Crippen molar-refractivity contribution in [2.45, 2.75) is 12.7 Å². The molecule has 0 radical (unpaired) electrons. The number of nitrogens with zero attached hydrogens (tertiary/aromatic N) is 2. The lowest BCUT2D eigenvalue weighted by molar-refractivity contribution is -0.139. The summed E-state index contributed by atoms with van der Waals surface area (Å²) in [4.78, 5) is 27.2. The molecule has 0 saturated carbocycles.